The molecule has 0 N–H and O–H groups in total. The summed E-state index contributed by atoms with van der Waals surface area (Å²) in [4.78, 5) is 18.5. The fraction of sp³-hybridized carbons (Fsp3) is 0.125. The quantitative estimate of drug-likeness (QED) is 0.407. The highest BCUT2D eigenvalue weighted by Crippen LogP contribution is 2.18. The number of hydrogen-bond acceptors (Lipinski definition) is 3. The van der Waals surface area contributed by atoms with Gasteiger partial charge in [-0.05, 0) is 18.2 Å². The number of amides is 1. The zero-order valence-electron chi connectivity index (χ0n) is 11.5. The molecule has 20 heavy (non-hydrogen) atoms. The maximum absolute atomic E-state index is 9.54. The van der Waals surface area contributed by atoms with Crippen LogP contribution >= 0.6 is 0 Å². The first-order valence-electron chi connectivity index (χ1n) is 6.21. The molecule has 3 aromatic rings. The van der Waals surface area contributed by atoms with Crippen LogP contribution < -0.4 is 0 Å². The van der Waals surface area contributed by atoms with E-state index < -0.39 is 0 Å². The van der Waals surface area contributed by atoms with Gasteiger partial charge in [-0.2, -0.15) is 0 Å². The molecule has 4 nitrogen and oxygen atoms in total. The van der Waals surface area contributed by atoms with Gasteiger partial charge < -0.3 is 0 Å². The molecule has 0 saturated heterocycles. The van der Waals surface area contributed by atoms with E-state index in [0.29, 0.717) is 6.41 Å². The molecule has 1 heterocycles. The first-order valence-corrected chi connectivity index (χ1v) is 6.21. The third kappa shape index (κ3) is 3.30. The summed E-state index contributed by atoms with van der Waals surface area (Å²) in [5, 5.41) is 3.47. The Morgan fingerprint density at radius 1 is 1.00 bits per heavy atom. The van der Waals surface area contributed by atoms with E-state index in [2.05, 4.69) is 28.0 Å². The molecule has 0 saturated carbocycles. The van der Waals surface area contributed by atoms with Gasteiger partial charge in [-0.15, -0.1) is 0 Å². The van der Waals surface area contributed by atoms with Crippen molar-refractivity contribution in [2.75, 3.05) is 14.2 Å². The molecule has 1 amide bonds. The van der Waals surface area contributed by atoms with Gasteiger partial charge in [-0.1, -0.05) is 36.4 Å². The number of aromatic nitrogens is 1. The van der Waals surface area contributed by atoms with Gasteiger partial charge in [-0.25, -0.2) is 10.0 Å². The van der Waals surface area contributed by atoms with E-state index in [0.717, 1.165) is 16.1 Å². The lowest BCUT2D eigenvalue weighted by molar-refractivity contribution is -0.153. The van der Waals surface area contributed by atoms with E-state index in [1.807, 2.05) is 36.4 Å². The summed E-state index contributed by atoms with van der Waals surface area (Å²) in [6.07, 6.45) is 0.583. The van der Waals surface area contributed by atoms with E-state index in [9.17, 15) is 4.79 Å². The van der Waals surface area contributed by atoms with E-state index in [4.69, 9.17) is 0 Å². The average molecular weight is 268 g/mol. The monoisotopic (exact) mass is 268 g/mol. The Labute approximate surface area is 117 Å². The Hall–Kier alpha value is -2.46. The molecule has 0 aliphatic heterocycles. The van der Waals surface area contributed by atoms with Crippen LogP contribution in [0.25, 0.3) is 21.8 Å². The van der Waals surface area contributed by atoms with Crippen molar-refractivity contribution in [3.63, 3.8) is 0 Å². The minimum Gasteiger partial charge on any atom is -0.276 e. The number of carbonyl (C=O) groups is 1. The second kappa shape index (κ2) is 6.63. The van der Waals surface area contributed by atoms with Gasteiger partial charge in [0.1, 0.15) is 0 Å². The standard InChI is InChI=1S/C13H9N.C3H7NO2/c1-3-7-12-10(5-1)9-11-6-2-4-8-13(11)14-12;1-4(3-5)6-2/h1-9H;3H,1-2H3. The van der Waals surface area contributed by atoms with Crippen LogP contribution in [0.15, 0.2) is 54.6 Å². The van der Waals surface area contributed by atoms with Gasteiger partial charge in [0.15, 0.2) is 0 Å². The molecule has 4 heteroatoms. The molecular formula is C16H16N2O2. The summed E-state index contributed by atoms with van der Waals surface area (Å²) in [5.41, 5.74) is 2.12. The number of pyridine rings is 1. The van der Waals surface area contributed by atoms with Crippen LogP contribution in [0.4, 0.5) is 0 Å². The summed E-state index contributed by atoms with van der Waals surface area (Å²) >= 11 is 0. The van der Waals surface area contributed by atoms with Crippen LogP contribution in [0, 0.1) is 0 Å². The van der Waals surface area contributed by atoms with Crippen molar-refractivity contribution in [3.8, 4) is 0 Å². The number of nitrogens with zero attached hydrogens (tertiary/aromatic N) is 2. The van der Waals surface area contributed by atoms with E-state index in [1.165, 1.54) is 24.9 Å². The second-order valence-corrected chi connectivity index (χ2v) is 4.21. The Morgan fingerprint density at radius 3 is 1.90 bits per heavy atom. The number of fused-ring (bicyclic) bond motifs is 2. The van der Waals surface area contributed by atoms with Crippen molar-refractivity contribution in [2.45, 2.75) is 0 Å². The summed E-state index contributed by atoms with van der Waals surface area (Å²) < 4.78 is 0. The van der Waals surface area contributed by atoms with Crippen LogP contribution in [-0.4, -0.2) is 30.6 Å². The van der Waals surface area contributed by atoms with Crippen LogP contribution in [-0.2, 0) is 9.63 Å². The lowest BCUT2D eigenvalue weighted by atomic mass is 10.1. The fourth-order valence-electron chi connectivity index (χ4n) is 1.76. The first-order chi connectivity index (χ1) is 9.74. The Bertz CT molecular complexity index is 608. The molecular weight excluding hydrogens is 252 g/mol. The topological polar surface area (TPSA) is 42.4 Å². The molecule has 1 aromatic heterocycles. The van der Waals surface area contributed by atoms with Gasteiger partial charge in [0.2, 0.25) is 6.41 Å². The lowest BCUT2D eigenvalue weighted by Crippen LogP contribution is -2.12. The molecule has 0 aliphatic carbocycles. The predicted molar refractivity (Wildman–Crippen MR) is 80.1 cm³/mol. The van der Waals surface area contributed by atoms with E-state index >= 15 is 0 Å². The summed E-state index contributed by atoms with van der Waals surface area (Å²) in [5.74, 6) is 0. The molecule has 0 atom stereocenters. The van der Waals surface area contributed by atoms with Gasteiger partial charge in [0.05, 0.1) is 18.1 Å². The van der Waals surface area contributed by atoms with Gasteiger partial charge in [0.25, 0.3) is 0 Å². The Balaban J connectivity index is 0.000000212. The normalized spacial score (nSPS) is 9.90. The number of benzene rings is 2. The zero-order chi connectivity index (χ0) is 14.4. The molecule has 0 aliphatic rings. The van der Waals surface area contributed by atoms with E-state index in [-0.39, 0.29) is 0 Å². The zero-order valence-corrected chi connectivity index (χ0v) is 11.5. The number of para-hydroxylation sites is 2. The van der Waals surface area contributed by atoms with Gasteiger partial charge in [-0.3, -0.25) is 9.63 Å². The molecule has 102 valence electrons. The number of hydrogen-bond donors (Lipinski definition) is 0. The van der Waals surface area contributed by atoms with Crippen LogP contribution in [0.1, 0.15) is 0 Å². The second-order valence-electron chi connectivity index (χ2n) is 4.21. The number of carbonyl (C=O) groups excluding carboxylic acids is 1. The van der Waals surface area contributed by atoms with Crippen molar-refractivity contribution in [1.29, 1.82) is 0 Å². The Kier molecular flexibility index (Phi) is 4.63. The maximum Gasteiger partial charge on any atom is 0.233 e. The van der Waals surface area contributed by atoms with Crippen LogP contribution in [0.2, 0.25) is 0 Å². The smallest absolute Gasteiger partial charge is 0.233 e. The highest BCUT2D eigenvalue weighted by atomic mass is 16.7. The van der Waals surface area contributed by atoms with Crippen LogP contribution in [0.3, 0.4) is 0 Å². The SMILES string of the molecule is CON(C)C=O.c1ccc2nc3ccccc3cc2c1. The highest BCUT2D eigenvalue weighted by molar-refractivity contribution is 5.92. The van der Waals surface area contributed by atoms with Crippen molar-refractivity contribution in [1.82, 2.24) is 10.0 Å². The van der Waals surface area contributed by atoms with E-state index in [1.54, 1.807) is 0 Å². The van der Waals surface area contributed by atoms with Crippen molar-refractivity contribution in [2.24, 2.45) is 0 Å². The lowest BCUT2D eigenvalue weighted by Gasteiger charge is -2.02. The van der Waals surface area contributed by atoms with Gasteiger partial charge in [0, 0.05) is 17.8 Å². The number of hydroxylamine groups is 2. The predicted octanol–water partition coefficient (Wildman–Crippen LogP) is 3.02. The van der Waals surface area contributed by atoms with Crippen LogP contribution in [0.5, 0.6) is 0 Å². The van der Waals surface area contributed by atoms with Crippen molar-refractivity contribution < 1.29 is 9.63 Å². The molecule has 0 unspecified atom stereocenters. The molecule has 0 fully saturated rings. The molecule has 3 rings (SSSR count). The van der Waals surface area contributed by atoms with Gasteiger partial charge >= 0.3 is 0 Å². The third-order valence-corrected chi connectivity index (χ3v) is 2.86. The first kappa shape index (κ1) is 14.0. The summed E-state index contributed by atoms with van der Waals surface area (Å²) in [6.45, 7) is 0. The summed E-state index contributed by atoms with van der Waals surface area (Å²) in [7, 11) is 2.95. The third-order valence-electron chi connectivity index (χ3n) is 2.86. The number of rotatable bonds is 2. The van der Waals surface area contributed by atoms with Crippen molar-refractivity contribution in [3.05, 3.63) is 54.6 Å². The molecule has 0 bridgehead atoms. The highest BCUT2D eigenvalue weighted by Gasteiger charge is 1.96. The fourth-order valence-corrected chi connectivity index (χ4v) is 1.76. The minimum absolute atomic E-state index is 0.583. The molecule has 2 aromatic carbocycles. The summed E-state index contributed by atoms with van der Waals surface area (Å²) in [6, 6.07) is 18.6. The minimum atomic E-state index is 0.583. The largest absolute Gasteiger partial charge is 0.276 e. The molecule has 0 spiro atoms. The maximum atomic E-state index is 9.54. The molecule has 0 radical (unpaired) electrons. The van der Waals surface area contributed by atoms with Crippen molar-refractivity contribution >= 4 is 28.2 Å². The Morgan fingerprint density at radius 2 is 1.50 bits per heavy atom. The average Bonchev–Trinajstić information content (AvgIpc) is 2.52.